The van der Waals surface area contributed by atoms with E-state index in [2.05, 4.69) is 4.98 Å². The molecule has 1 aromatic rings. The molecule has 18 heavy (non-hydrogen) atoms. The number of hydrogen-bond donors (Lipinski definition) is 3. The van der Waals surface area contributed by atoms with Crippen molar-refractivity contribution in [3.8, 4) is 0 Å². The molecule has 0 bridgehead atoms. The van der Waals surface area contributed by atoms with Crippen molar-refractivity contribution < 1.29 is 9.84 Å². The van der Waals surface area contributed by atoms with Crippen molar-refractivity contribution >= 4 is 0 Å². The second-order valence-corrected chi connectivity index (χ2v) is 4.52. The summed E-state index contributed by atoms with van der Waals surface area (Å²) in [7, 11) is 0. The standard InChI is InChI=1S/C11H17N3O4/c1-6-4-14(11(17)13-10(6)16)9-2-7(3-12)8(5-15)18-9/h4,7-9,15H,2-3,5,12H2,1H3,(H,13,16,17)/t7-,8-,9-/m1/s1. The number of aryl methyl sites for hydroxylation is 1. The highest BCUT2D eigenvalue weighted by Gasteiger charge is 2.35. The number of nitrogens with two attached hydrogens (primary N) is 1. The van der Waals surface area contributed by atoms with Gasteiger partial charge in [0.2, 0.25) is 0 Å². The zero-order chi connectivity index (χ0) is 13.3. The fourth-order valence-electron chi connectivity index (χ4n) is 2.20. The van der Waals surface area contributed by atoms with Gasteiger partial charge in [-0.3, -0.25) is 14.3 Å². The molecular formula is C11H17N3O4. The molecule has 4 N–H and O–H groups in total. The molecule has 7 heteroatoms. The molecule has 0 amide bonds. The molecule has 0 unspecified atom stereocenters. The van der Waals surface area contributed by atoms with Gasteiger partial charge in [0, 0.05) is 17.7 Å². The van der Waals surface area contributed by atoms with Gasteiger partial charge in [0.05, 0.1) is 12.7 Å². The fraction of sp³-hybridized carbons (Fsp3) is 0.636. The lowest BCUT2D eigenvalue weighted by Gasteiger charge is -2.15. The summed E-state index contributed by atoms with van der Waals surface area (Å²) in [5.41, 5.74) is 5.13. The second-order valence-electron chi connectivity index (χ2n) is 4.52. The first kappa shape index (κ1) is 13.0. The van der Waals surface area contributed by atoms with Gasteiger partial charge >= 0.3 is 5.69 Å². The van der Waals surface area contributed by atoms with E-state index < -0.39 is 17.5 Å². The molecule has 1 fully saturated rings. The van der Waals surface area contributed by atoms with Gasteiger partial charge in [-0.05, 0) is 19.9 Å². The number of ether oxygens (including phenoxy) is 1. The Morgan fingerprint density at radius 1 is 1.61 bits per heavy atom. The molecule has 3 atom stereocenters. The first-order valence-electron chi connectivity index (χ1n) is 5.85. The number of aliphatic hydroxyl groups is 1. The van der Waals surface area contributed by atoms with Crippen molar-refractivity contribution in [2.24, 2.45) is 11.7 Å². The second kappa shape index (κ2) is 5.05. The van der Waals surface area contributed by atoms with Crippen LogP contribution < -0.4 is 17.0 Å². The SMILES string of the molecule is Cc1cn([C@H]2C[C@H](CN)[C@@H](CO)O2)c(=O)[nH]c1=O. The number of nitrogens with zero attached hydrogens (tertiary/aromatic N) is 1. The normalized spacial score (nSPS) is 27.6. The van der Waals surface area contributed by atoms with Crippen LogP contribution >= 0.6 is 0 Å². The Bertz CT molecular complexity index is 524. The maximum atomic E-state index is 11.7. The Hall–Kier alpha value is -1.44. The highest BCUT2D eigenvalue weighted by Crippen LogP contribution is 2.31. The average Bonchev–Trinajstić information content (AvgIpc) is 2.76. The number of hydrogen-bond acceptors (Lipinski definition) is 5. The molecule has 100 valence electrons. The van der Waals surface area contributed by atoms with Crippen LogP contribution in [0.4, 0.5) is 0 Å². The molecule has 1 aliphatic heterocycles. The number of aromatic nitrogens is 2. The minimum atomic E-state index is -0.509. The van der Waals surface area contributed by atoms with Crippen LogP contribution in [0.3, 0.4) is 0 Å². The summed E-state index contributed by atoms with van der Waals surface area (Å²) in [4.78, 5) is 25.2. The van der Waals surface area contributed by atoms with Crippen LogP contribution in [0.15, 0.2) is 15.8 Å². The maximum absolute atomic E-state index is 11.7. The maximum Gasteiger partial charge on any atom is 0.330 e. The molecule has 2 heterocycles. The number of rotatable bonds is 3. The summed E-state index contributed by atoms with van der Waals surface area (Å²) in [6.07, 6.45) is 1.17. The molecule has 0 aromatic carbocycles. The monoisotopic (exact) mass is 255 g/mol. The average molecular weight is 255 g/mol. The Kier molecular flexibility index (Phi) is 3.65. The zero-order valence-corrected chi connectivity index (χ0v) is 10.1. The summed E-state index contributed by atoms with van der Waals surface area (Å²) in [6, 6.07) is 0. The summed E-state index contributed by atoms with van der Waals surface area (Å²) >= 11 is 0. The van der Waals surface area contributed by atoms with E-state index in [1.807, 2.05) is 0 Å². The quantitative estimate of drug-likeness (QED) is 0.621. The van der Waals surface area contributed by atoms with E-state index >= 15 is 0 Å². The Morgan fingerprint density at radius 2 is 2.33 bits per heavy atom. The van der Waals surface area contributed by atoms with E-state index in [1.165, 1.54) is 10.8 Å². The predicted molar refractivity (Wildman–Crippen MR) is 64.2 cm³/mol. The molecule has 7 nitrogen and oxygen atoms in total. The van der Waals surface area contributed by atoms with Crippen LogP contribution in [0.1, 0.15) is 18.2 Å². The third-order valence-electron chi connectivity index (χ3n) is 3.30. The largest absolute Gasteiger partial charge is 0.394 e. The molecule has 0 radical (unpaired) electrons. The number of aromatic amines is 1. The third kappa shape index (κ3) is 2.24. The van der Waals surface area contributed by atoms with E-state index in [0.717, 1.165) is 0 Å². The van der Waals surface area contributed by atoms with Gasteiger partial charge in [-0.15, -0.1) is 0 Å². The number of aliphatic hydroxyl groups excluding tert-OH is 1. The van der Waals surface area contributed by atoms with Crippen molar-refractivity contribution in [2.75, 3.05) is 13.2 Å². The predicted octanol–water partition coefficient (Wildman–Crippen LogP) is -1.30. The molecule has 0 aliphatic carbocycles. The Balaban J connectivity index is 2.31. The first-order chi connectivity index (χ1) is 8.56. The molecule has 1 aromatic heterocycles. The third-order valence-corrected chi connectivity index (χ3v) is 3.30. The van der Waals surface area contributed by atoms with Crippen LogP contribution in [0.5, 0.6) is 0 Å². The highest BCUT2D eigenvalue weighted by molar-refractivity contribution is 5.02. The van der Waals surface area contributed by atoms with Crippen LogP contribution in [-0.4, -0.2) is 33.9 Å². The zero-order valence-electron chi connectivity index (χ0n) is 10.1. The topological polar surface area (TPSA) is 110 Å². The van der Waals surface area contributed by atoms with E-state index in [1.54, 1.807) is 6.92 Å². The molecule has 1 aliphatic rings. The van der Waals surface area contributed by atoms with Crippen molar-refractivity contribution in [1.29, 1.82) is 0 Å². The van der Waals surface area contributed by atoms with Gasteiger partial charge in [0.1, 0.15) is 6.23 Å². The van der Waals surface area contributed by atoms with Crippen LogP contribution in [0.25, 0.3) is 0 Å². The van der Waals surface area contributed by atoms with Crippen LogP contribution in [0.2, 0.25) is 0 Å². The lowest BCUT2D eigenvalue weighted by Crippen LogP contribution is -2.33. The molecule has 0 spiro atoms. The number of H-pyrrole nitrogens is 1. The lowest BCUT2D eigenvalue weighted by molar-refractivity contribution is -0.0320. The van der Waals surface area contributed by atoms with Gasteiger partial charge in [-0.25, -0.2) is 4.79 Å². The van der Waals surface area contributed by atoms with Crippen LogP contribution in [0, 0.1) is 12.8 Å². The first-order valence-corrected chi connectivity index (χ1v) is 5.85. The van der Waals surface area contributed by atoms with Crippen molar-refractivity contribution in [1.82, 2.24) is 9.55 Å². The Morgan fingerprint density at radius 3 is 2.89 bits per heavy atom. The summed E-state index contributed by atoms with van der Waals surface area (Å²) in [5.74, 6) is 0.0131. The summed E-state index contributed by atoms with van der Waals surface area (Å²) in [5, 5.41) is 9.17. The van der Waals surface area contributed by atoms with Crippen LogP contribution in [-0.2, 0) is 4.74 Å². The van der Waals surface area contributed by atoms with Crippen molar-refractivity contribution in [3.63, 3.8) is 0 Å². The molecule has 0 saturated carbocycles. The van der Waals surface area contributed by atoms with E-state index in [0.29, 0.717) is 18.5 Å². The number of nitrogens with one attached hydrogen (secondary N) is 1. The van der Waals surface area contributed by atoms with E-state index in [-0.39, 0.29) is 18.6 Å². The summed E-state index contributed by atoms with van der Waals surface area (Å²) < 4.78 is 6.93. The highest BCUT2D eigenvalue weighted by atomic mass is 16.5. The van der Waals surface area contributed by atoms with Gasteiger partial charge in [-0.2, -0.15) is 0 Å². The minimum absolute atomic E-state index is 0.0131. The van der Waals surface area contributed by atoms with Gasteiger partial charge in [0.25, 0.3) is 5.56 Å². The lowest BCUT2D eigenvalue weighted by atomic mass is 10.0. The molecule has 2 rings (SSSR count). The van der Waals surface area contributed by atoms with Gasteiger partial charge in [-0.1, -0.05) is 0 Å². The smallest absolute Gasteiger partial charge is 0.330 e. The Labute approximate surface area is 103 Å². The fourth-order valence-corrected chi connectivity index (χ4v) is 2.20. The molecular weight excluding hydrogens is 238 g/mol. The van der Waals surface area contributed by atoms with E-state index in [4.69, 9.17) is 10.5 Å². The van der Waals surface area contributed by atoms with Gasteiger partial charge in [0.15, 0.2) is 0 Å². The van der Waals surface area contributed by atoms with Gasteiger partial charge < -0.3 is 15.6 Å². The van der Waals surface area contributed by atoms with Crippen molar-refractivity contribution in [3.05, 3.63) is 32.6 Å². The molecule has 1 saturated heterocycles. The van der Waals surface area contributed by atoms with E-state index in [9.17, 15) is 14.7 Å². The summed E-state index contributed by atoms with van der Waals surface area (Å²) in [6.45, 7) is 1.88. The van der Waals surface area contributed by atoms with Crippen molar-refractivity contribution in [2.45, 2.75) is 25.7 Å². The minimum Gasteiger partial charge on any atom is -0.394 e.